The Balaban J connectivity index is 2.03. The lowest BCUT2D eigenvalue weighted by Crippen LogP contribution is -2.12. The summed E-state index contributed by atoms with van der Waals surface area (Å²) in [6.45, 7) is 0. The van der Waals surface area contributed by atoms with Crippen molar-refractivity contribution in [1.82, 2.24) is 19.9 Å². The zero-order valence-corrected chi connectivity index (χ0v) is 9.87. The van der Waals surface area contributed by atoms with Gasteiger partial charge < -0.3 is 10.3 Å². The number of amides is 1. The summed E-state index contributed by atoms with van der Waals surface area (Å²) in [4.78, 5) is 26.4. The lowest BCUT2D eigenvalue weighted by Gasteiger charge is -2.03. The summed E-state index contributed by atoms with van der Waals surface area (Å²) < 4.78 is 0. The number of imidazole rings is 1. The predicted molar refractivity (Wildman–Crippen MR) is 64.9 cm³/mol. The summed E-state index contributed by atoms with van der Waals surface area (Å²) >= 11 is 5.54. The first kappa shape index (κ1) is 11.8. The third-order valence-corrected chi connectivity index (χ3v) is 2.54. The SMILES string of the molecule is O=C(CCCCCl)Nc1ncnc2nc[nH]c12. The smallest absolute Gasteiger partial charge is 0.225 e. The molecule has 2 aromatic heterocycles. The molecule has 2 aromatic rings. The summed E-state index contributed by atoms with van der Waals surface area (Å²) in [6.07, 6.45) is 4.93. The van der Waals surface area contributed by atoms with E-state index < -0.39 is 0 Å². The minimum atomic E-state index is -0.0790. The van der Waals surface area contributed by atoms with Crippen molar-refractivity contribution in [2.75, 3.05) is 11.2 Å². The monoisotopic (exact) mass is 253 g/mol. The Labute approximate surface area is 103 Å². The first-order valence-electron chi connectivity index (χ1n) is 5.31. The van der Waals surface area contributed by atoms with Crippen LogP contribution in [0.15, 0.2) is 12.7 Å². The summed E-state index contributed by atoms with van der Waals surface area (Å²) in [5, 5.41) is 2.73. The van der Waals surface area contributed by atoms with E-state index in [9.17, 15) is 4.79 Å². The number of hydrogen-bond donors (Lipinski definition) is 2. The normalized spacial score (nSPS) is 10.6. The van der Waals surface area contributed by atoms with Gasteiger partial charge >= 0.3 is 0 Å². The molecule has 17 heavy (non-hydrogen) atoms. The molecule has 0 aromatic carbocycles. The zero-order chi connectivity index (χ0) is 12.1. The molecule has 0 saturated heterocycles. The first-order chi connectivity index (χ1) is 8.31. The van der Waals surface area contributed by atoms with Gasteiger partial charge in [-0.1, -0.05) is 0 Å². The van der Waals surface area contributed by atoms with Gasteiger partial charge in [0.05, 0.1) is 6.33 Å². The number of nitrogens with zero attached hydrogens (tertiary/aromatic N) is 3. The molecule has 6 nitrogen and oxygen atoms in total. The van der Waals surface area contributed by atoms with Crippen molar-refractivity contribution in [1.29, 1.82) is 0 Å². The Morgan fingerprint density at radius 1 is 1.35 bits per heavy atom. The molecule has 0 atom stereocenters. The number of carbonyl (C=O) groups is 1. The number of carbonyl (C=O) groups excluding carboxylic acids is 1. The highest BCUT2D eigenvalue weighted by Crippen LogP contribution is 2.14. The van der Waals surface area contributed by atoms with Crippen LogP contribution in [0.3, 0.4) is 0 Å². The molecule has 0 aliphatic heterocycles. The highest BCUT2D eigenvalue weighted by Gasteiger charge is 2.08. The number of aromatic amines is 1. The van der Waals surface area contributed by atoms with Gasteiger partial charge in [-0.3, -0.25) is 4.79 Å². The van der Waals surface area contributed by atoms with E-state index in [-0.39, 0.29) is 5.91 Å². The molecule has 2 rings (SSSR count). The van der Waals surface area contributed by atoms with E-state index in [1.807, 2.05) is 0 Å². The minimum Gasteiger partial charge on any atom is -0.340 e. The number of unbranched alkanes of at least 4 members (excludes halogenated alkanes) is 1. The largest absolute Gasteiger partial charge is 0.340 e. The number of halogens is 1. The van der Waals surface area contributed by atoms with Crippen molar-refractivity contribution < 1.29 is 4.79 Å². The maximum Gasteiger partial charge on any atom is 0.225 e. The van der Waals surface area contributed by atoms with Gasteiger partial charge in [0.2, 0.25) is 5.91 Å². The van der Waals surface area contributed by atoms with Gasteiger partial charge in [0.15, 0.2) is 11.5 Å². The van der Waals surface area contributed by atoms with Gasteiger partial charge in [-0.2, -0.15) is 0 Å². The van der Waals surface area contributed by atoms with Crippen LogP contribution in [0.25, 0.3) is 11.2 Å². The molecule has 7 heteroatoms. The van der Waals surface area contributed by atoms with Gasteiger partial charge in [0, 0.05) is 12.3 Å². The Hall–Kier alpha value is -1.69. The van der Waals surface area contributed by atoms with Gasteiger partial charge in [-0.05, 0) is 12.8 Å². The van der Waals surface area contributed by atoms with Crippen LogP contribution in [0.5, 0.6) is 0 Å². The third kappa shape index (κ3) is 2.91. The fraction of sp³-hybridized carbons (Fsp3) is 0.400. The molecule has 0 spiro atoms. The Morgan fingerprint density at radius 3 is 3.06 bits per heavy atom. The number of anilines is 1. The number of hydrogen-bond acceptors (Lipinski definition) is 4. The van der Waals surface area contributed by atoms with Crippen molar-refractivity contribution in [3.05, 3.63) is 12.7 Å². The number of alkyl halides is 1. The molecular formula is C10H12ClN5O. The van der Waals surface area contributed by atoms with E-state index in [1.54, 1.807) is 0 Å². The van der Waals surface area contributed by atoms with Gasteiger partial charge in [-0.15, -0.1) is 11.6 Å². The molecule has 0 unspecified atom stereocenters. The van der Waals surface area contributed by atoms with Crippen LogP contribution in [-0.2, 0) is 4.79 Å². The highest BCUT2D eigenvalue weighted by atomic mass is 35.5. The van der Waals surface area contributed by atoms with Crippen LogP contribution in [0, 0.1) is 0 Å². The molecule has 0 bridgehead atoms. The lowest BCUT2D eigenvalue weighted by molar-refractivity contribution is -0.116. The quantitative estimate of drug-likeness (QED) is 0.628. The van der Waals surface area contributed by atoms with Crippen molar-refractivity contribution in [3.8, 4) is 0 Å². The topological polar surface area (TPSA) is 83.6 Å². The molecule has 0 saturated carbocycles. The summed E-state index contributed by atoms with van der Waals surface area (Å²) in [6, 6.07) is 0. The third-order valence-electron chi connectivity index (χ3n) is 2.27. The van der Waals surface area contributed by atoms with Gasteiger partial charge in [-0.25, -0.2) is 15.0 Å². The first-order valence-corrected chi connectivity index (χ1v) is 5.84. The van der Waals surface area contributed by atoms with Crippen molar-refractivity contribution in [2.45, 2.75) is 19.3 Å². The average Bonchev–Trinajstić information content (AvgIpc) is 2.78. The van der Waals surface area contributed by atoms with E-state index in [0.717, 1.165) is 12.8 Å². The van der Waals surface area contributed by atoms with Crippen LogP contribution < -0.4 is 5.32 Å². The van der Waals surface area contributed by atoms with Crippen LogP contribution in [-0.4, -0.2) is 31.7 Å². The van der Waals surface area contributed by atoms with Crippen molar-refractivity contribution in [3.63, 3.8) is 0 Å². The maximum atomic E-state index is 11.6. The van der Waals surface area contributed by atoms with Gasteiger partial charge in [0.25, 0.3) is 0 Å². The fourth-order valence-corrected chi connectivity index (χ4v) is 1.62. The maximum absolute atomic E-state index is 11.6. The lowest BCUT2D eigenvalue weighted by atomic mass is 10.2. The highest BCUT2D eigenvalue weighted by molar-refractivity contribution is 6.17. The Bertz CT molecular complexity index is 512. The number of H-pyrrole nitrogens is 1. The van der Waals surface area contributed by atoms with Crippen LogP contribution in [0.4, 0.5) is 5.82 Å². The van der Waals surface area contributed by atoms with E-state index >= 15 is 0 Å². The van der Waals surface area contributed by atoms with E-state index in [4.69, 9.17) is 11.6 Å². The molecule has 1 amide bonds. The standard InChI is InChI=1S/C10H12ClN5O/c11-4-2-1-3-7(17)16-10-8-9(13-5-12-8)14-6-15-10/h5-6H,1-4H2,(H2,12,13,14,15,16,17). The molecule has 2 N–H and O–H groups in total. The molecule has 0 aliphatic carbocycles. The molecule has 90 valence electrons. The molecule has 0 radical (unpaired) electrons. The second-order valence-electron chi connectivity index (χ2n) is 3.52. The number of nitrogens with one attached hydrogen (secondary N) is 2. The summed E-state index contributed by atoms with van der Waals surface area (Å²) in [5.74, 6) is 0.957. The van der Waals surface area contributed by atoms with Crippen LogP contribution in [0.1, 0.15) is 19.3 Å². The van der Waals surface area contributed by atoms with Crippen LogP contribution >= 0.6 is 11.6 Å². The Kier molecular flexibility index (Phi) is 3.87. The molecule has 0 fully saturated rings. The average molecular weight is 254 g/mol. The summed E-state index contributed by atoms with van der Waals surface area (Å²) in [7, 11) is 0. The number of aromatic nitrogens is 4. The van der Waals surface area contributed by atoms with E-state index in [1.165, 1.54) is 12.7 Å². The summed E-state index contributed by atoms with van der Waals surface area (Å²) in [5.41, 5.74) is 1.18. The van der Waals surface area contributed by atoms with Gasteiger partial charge in [0.1, 0.15) is 11.8 Å². The molecule has 2 heterocycles. The van der Waals surface area contributed by atoms with E-state index in [2.05, 4.69) is 25.3 Å². The van der Waals surface area contributed by atoms with E-state index in [0.29, 0.717) is 29.3 Å². The second-order valence-corrected chi connectivity index (χ2v) is 3.90. The number of fused-ring (bicyclic) bond motifs is 1. The van der Waals surface area contributed by atoms with Crippen molar-refractivity contribution in [2.24, 2.45) is 0 Å². The fourth-order valence-electron chi connectivity index (χ4n) is 1.43. The predicted octanol–water partition coefficient (Wildman–Crippen LogP) is 1.70. The second kappa shape index (κ2) is 5.58. The van der Waals surface area contributed by atoms with Crippen LogP contribution in [0.2, 0.25) is 0 Å². The number of rotatable bonds is 5. The Morgan fingerprint density at radius 2 is 2.24 bits per heavy atom. The van der Waals surface area contributed by atoms with Crippen molar-refractivity contribution >= 4 is 34.5 Å². The molecular weight excluding hydrogens is 242 g/mol. The molecule has 0 aliphatic rings. The minimum absolute atomic E-state index is 0.0790. The zero-order valence-electron chi connectivity index (χ0n) is 9.11.